The molecule has 0 fully saturated rings. The third-order valence-corrected chi connectivity index (χ3v) is 11.3. The topological polar surface area (TPSA) is 26.0 Å². The fourth-order valence-electron chi connectivity index (χ4n) is 7.61. The van der Waals surface area contributed by atoms with Crippen molar-refractivity contribution in [2.75, 3.05) is 6.54 Å². The summed E-state index contributed by atoms with van der Waals surface area (Å²) in [5, 5.41) is 0. The first-order chi connectivity index (χ1) is 24.8. The third-order valence-electron chi connectivity index (χ3n) is 11.3. The van der Waals surface area contributed by atoms with E-state index in [0.717, 1.165) is 6.54 Å². The summed E-state index contributed by atoms with van der Waals surface area (Å²) in [6, 6.07) is 0. The van der Waals surface area contributed by atoms with Gasteiger partial charge in [-0.25, -0.2) is 0 Å². The molecule has 2 N–H and O–H groups in total. The lowest BCUT2D eigenvalue weighted by molar-refractivity contribution is 0.513. The molecule has 0 aliphatic rings. The minimum absolute atomic E-state index is 0. The lowest BCUT2D eigenvalue weighted by Crippen LogP contribution is -1.97. The molecule has 0 aromatic heterocycles. The van der Waals surface area contributed by atoms with Crippen molar-refractivity contribution in [2.45, 2.75) is 310 Å². The molecule has 0 aromatic rings. The molecule has 0 aliphatic heterocycles. The number of nitrogens with two attached hydrogens (primary N) is 1. The van der Waals surface area contributed by atoms with E-state index in [1.165, 1.54) is 289 Å². The van der Waals surface area contributed by atoms with Gasteiger partial charge in [-0.3, -0.25) is 0 Å². The molecule has 1 nitrogen and oxygen atoms in total. The van der Waals surface area contributed by atoms with Crippen LogP contribution in [0.25, 0.3) is 0 Å². The molecular formula is C49H104ClN. The summed E-state index contributed by atoms with van der Waals surface area (Å²) in [6.07, 6.45) is 65.8. The molecule has 0 unspecified atom stereocenters. The summed E-state index contributed by atoms with van der Waals surface area (Å²) in [5.74, 6) is 0. The van der Waals surface area contributed by atoms with Crippen LogP contribution in [0.1, 0.15) is 310 Å². The van der Waals surface area contributed by atoms with E-state index in [1.807, 2.05) is 0 Å². The molecular weight excluding hydrogens is 638 g/mol. The number of hydrogen-bond donors (Lipinski definition) is 1. The highest BCUT2D eigenvalue weighted by Gasteiger charge is 1.97. The van der Waals surface area contributed by atoms with Crippen molar-refractivity contribution >= 4 is 12.4 Å². The van der Waals surface area contributed by atoms with Crippen molar-refractivity contribution in [3.8, 4) is 0 Å². The second-order valence-corrected chi connectivity index (χ2v) is 16.6. The molecule has 0 amide bonds. The van der Waals surface area contributed by atoms with Crippen LogP contribution in [0.15, 0.2) is 0 Å². The maximum atomic E-state index is 5.47. The van der Waals surface area contributed by atoms with Gasteiger partial charge in [-0.1, -0.05) is 303 Å². The van der Waals surface area contributed by atoms with Crippen LogP contribution >= 0.6 is 12.4 Å². The lowest BCUT2D eigenvalue weighted by Gasteiger charge is -2.04. The van der Waals surface area contributed by atoms with Gasteiger partial charge in [0.05, 0.1) is 0 Å². The largest absolute Gasteiger partial charge is 0.330 e. The molecule has 0 spiro atoms. The first-order valence-corrected chi connectivity index (χ1v) is 24.5. The van der Waals surface area contributed by atoms with Gasteiger partial charge in [-0.2, -0.15) is 0 Å². The van der Waals surface area contributed by atoms with E-state index in [1.54, 1.807) is 0 Å². The van der Waals surface area contributed by atoms with Crippen molar-refractivity contribution < 1.29 is 0 Å². The minimum Gasteiger partial charge on any atom is -0.330 e. The standard InChI is InChI=1S/C33H68.C16H35N.ClH/c1-3-5-7-9-11-13-15-17-19-21-23-25-27-29-31-33-32-30-28-26-24-22-20-18-16-14-12-10-8-6-4-2;1-2-3-4-5-6-7-8-9-10-11-12-13-14-15-16-17;/h3-33H2,1-2H3;2-17H2,1H3;1H. The van der Waals surface area contributed by atoms with E-state index in [4.69, 9.17) is 5.73 Å². The summed E-state index contributed by atoms with van der Waals surface area (Å²) in [7, 11) is 0. The van der Waals surface area contributed by atoms with E-state index < -0.39 is 0 Å². The predicted octanol–water partition coefficient (Wildman–Crippen LogP) is 19.0. The summed E-state index contributed by atoms with van der Waals surface area (Å²) in [5.41, 5.74) is 5.47. The Morgan fingerprint density at radius 1 is 0.176 bits per heavy atom. The Morgan fingerprint density at radius 3 is 0.373 bits per heavy atom. The third kappa shape index (κ3) is 59.7. The van der Waals surface area contributed by atoms with E-state index in [0.29, 0.717) is 0 Å². The average molecular weight is 743 g/mol. The Labute approximate surface area is 333 Å². The summed E-state index contributed by atoms with van der Waals surface area (Å²) in [4.78, 5) is 0. The second kappa shape index (κ2) is 57.0. The monoisotopic (exact) mass is 742 g/mol. The Hall–Kier alpha value is 0.250. The quantitative estimate of drug-likeness (QED) is 0.0618. The zero-order valence-electron chi connectivity index (χ0n) is 36.5. The molecule has 312 valence electrons. The number of hydrogen-bond acceptors (Lipinski definition) is 1. The van der Waals surface area contributed by atoms with Gasteiger partial charge in [0.2, 0.25) is 0 Å². The zero-order chi connectivity index (χ0) is 36.5. The SMILES string of the molecule is CCCCCCCCCCCCCCCCCCCCCCCCCCCCCCCCC.CCCCCCCCCCCCCCCCN.Cl. The summed E-state index contributed by atoms with van der Waals surface area (Å²) in [6.45, 7) is 7.77. The molecule has 0 aromatic carbocycles. The Balaban J connectivity index is -0.00000108. The van der Waals surface area contributed by atoms with Gasteiger partial charge >= 0.3 is 0 Å². The molecule has 2 heteroatoms. The van der Waals surface area contributed by atoms with E-state index in [9.17, 15) is 0 Å². The Morgan fingerprint density at radius 2 is 0.275 bits per heavy atom. The van der Waals surface area contributed by atoms with Crippen LogP contribution in [0, 0.1) is 0 Å². The molecule has 0 aliphatic carbocycles. The van der Waals surface area contributed by atoms with E-state index >= 15 is 0 Å². The van der Waals surface area contributed by atoms with Gasteiger partial charge in [0.1, 0.15) is 0 Å². The summed E-state index contributed by atoms with van der Waals surface area (Å²) < 4.78 is 0. The number of rotatable bonds is 44. The molecule has 0 bridgehead atoms. The van der Waals surface area contributed by atoms with Crippen molar-refractivity contribution in [3.05, 3.63) is 0 Å². The first kappa shape index (κ1) is 55.6. The van der Waals surface area contributed by atoms with Crippen molar-refractivity contribution in [3.63, 3.8) is 0 Å². The predicted molar refractivity (Wildman–Crippen MR) is 241 cm³/mol. The van der Waals surface area contributed by atoms with Gasteiger partial charge in [0.25, 0.3) is 0 Å². The van der Waals surface area contributed by atoms with Gasteiger partial charge in [0, 0.05) is 0 Å². The minimum atomic E-state index is 0. The molecule has 51 heavy (non-hydrogen) atoms. The van der Waals surface area contributed by atoms with Gasteiger partial charge < -0.3 is 5.73 Å². The fraction of sp³-hybridized carbons (Fsp3) is 1.00. The average Bonchev–Trinajstić information content (AvgIpc) is 3.13. The first-order valence-electron chi connectivity index (χ1n) is 24.5. The Kier molecular flexibility index (Phi) is 62.1. The van der Waals surface area contributed by atoms with Gasteiger partial charge in [0.15, 0.2) is 0 Å². The molecule has 0 radical (unpaired) electrons. The van der Waals surface area contributed by atoms with Gasteiger partial charge in [-0.05, 0) is 13.0 Å². The smallest absolute Gasteiger partial charge is 0.00773 e. The molecule has 0 heterocycles. The molecule has 0 saturated carbocycles. The highest BCUT2D eigenvalue weighted by Crippen LogP contribution is 2.17. The van der Waals surface area contributed by atoms with Crippen LogP contribution in [-0.4, -0.2) is 6.54 Å². The second-order valence-electron chi connectivity index (χ2n) is 16.6. The van der Waals surface area contributed by atoms with Crippen molar-refractivity contribution in [1.29, 1.82) is 0 Å². The van der Waals surface area contributed by atoms with E-state index in [2.05, 4.69) is 20.8 Å². The van der Waals surface area contributed by atoms with Crippen LogP contribution in [0.3, 0.4) is 0 Å². The fourth-order valence-corrected chi connectivity index (χ4v) is 7.61. The van der Waals surface area contributed by atoms with Gasteiger partial charge in [-0.15, -0.1) is 12.4 Å². The number of unbranched alkanes of at least 4 members (excludes halogenated alkanes) is 43. The van der Waals surface area contributed by atoms with Crippen LogP contribution in [0.4, 0.5) is 0 Å². The highest BCUT2D eigenvalue weighted by molar-refractivity contribution is 5.85. The maximum Gasteiger partial charge on any atom is -0.00773 e. The van der Waals surface area contributed by atoms with Crippen LogP contribution in [0.5, 0.6) is 0 Å². The van der Waals surface area contributed by atoms with Crippen molar-refractivity contribution in [1.82, 2.24) is 0 Å². The van der Waals surface area contributed by atoms with Crippen LogP contribution in [-0.2, 0) is 0 Å². The van der Waals surface area contributed by atoms with Crippen LogP contribution in [0.2, 0.25) is 0 Å². The van der Waals surface area contributed by atoms with Crippen LogP contribution < -0.4 is 5.73 Å². The zero-order valence-corrected chi connectivity index (χ0v) is 37.3. The van der Waals surface area contributed by atoms with E-state index in [-0.39, 0.29) is 12.4 Å². The molecule has 0 rings (SSSR count). The normalized spacial score (nSPS) is 11.1. The molecule has 0 atom stereocenters. The van der Waals surface area contributed by atoms with Crippen molar-refractivity contribution in [2.24, 2.45) is 5.73 Å². The highest BCUT2D eigenvalue weighted by atomic mass is 35.5. The Bertz CT molecular complexity index is 478. The lowest BCUT2D eigenvalue weighted by atomic mass is 10.0. The molecule has 0 saturated heterocycles. The summed E-state index contributed by atoms with van der Waals surface area (Å²) >= 11 is 0. The number of halogens is 1. The maximum absolute atomic E-state index is 5.47.